The first-order chi connectivity index (χ1) is 11.5. The number of likely N-dealkylation sites (N-methyl/N-ethyl adjacent to an activating group) is 1. The second-order valence-corrected chi connectivity index (χ2v) is 5.94. The fourth-order valence-electron chi connectivity index (χ4n) is 1.78. The molecule has 0 saturated carbocycles. The maximum atomic E-state index is 11.8. The van der Waals surface area contributed by atoms with Crippen molar-refractivity contribution < 1.29 is 19.1 Å². The van der Waals surface area contributed by atoms with Gasteiger partial charge in [-0.05, 0) is 38.1 Å². The predicted octanol–water partition coefficient (Wildman–Crippen LogP) is 1.01. The fraction of sp³-hybridized carbons (Fsp3) is 0.438. The van der Waals surface area contributed by atoms with Gasteiger partial charge in [0.25, 0.3) is 0 Å². The molecule has 7 nitrogen and oxygen atoms in total. The van der Waals surface area contributed by atoms with E-state index in [1.807, 2.05) is 6.92 Å². The lowest BCUT2D eigenvalue weighted by Crippen LogP contribution is -2.45. The number of ether oxygens (including phenoxy) is 1. The number of benzene rings is 1. The molecule has 0 aliphatic rings. The van der Waals surface area contributed by atoms with Crippen LogP contribution in [0, 0.1) is 0 Å². The minimum absolute atomic E-state index is 0.111. The van der Waals surface area contributed by atoms with Gasteiger partial charge in [0.05, 0.1) is 18.6 Å². The maximum absolute atomic E-state index is 11.8. The summed E-state index contributed by atoms with van der Waals surface area (Å²) in [5.74, 6) is 0.258. The average molecular weight is 353 g/mol. The number of carbonyl (C=O) groups excluding carboxylic acids is 3. The largest absolute Gasteiger partial charge is 0.497 e. The van der Waals surface area contributed by atoms with E-state index in [0.29, 0.717) is 18.0 Å². The van der Waals surface area contributed by atoms with E-state index in [1.165, 1.54) is 11.8 Å². The molecule has 3 amide bonds. The molecule has 0 spiro atoms. The topological polar surface area (TPSA) is 96.5 Å². The summed E-state index contributed by atoms with van der Waals surface area (Å²) in [5.41, 5.74) is 0.663. The fourth-order valence-corrected chi connectivity index (χ4v) is 2.41. The average Bonchev–Trinajstić information content (AvgIpc) is 2.55. The Morgan fingerprint density at radius 1 is 1.12 bits per heavy atom. The summed E-state index contributed by atoms with van der Waals surface area (Å²) in [6, 6.07) is 6.38. The van der Waals surface area contributed by atoms with Gasteiger partial charge in [-0.25, -0.2) is 0 Å². The molecule has 0 saturated heterocycles. The van der Waals surface area contributed by atoms with Crippen LogP contribution in [-0.4, -0.2) is 48.9 Å². The number of nitrogens with one attached hydrogen (secondary N) is 3. The normalized spacial score (nSPS) is 11.3. The molecule has 3 N–H and O–H groups in total. The number of carbonyl (C=O) groups is 3. The summed E-state index contributed by atoms with van der Waals surface area (Å²) in [6.07, 6.45) is 0. The van der Waals surface area contributed by atoms with E-state index in [0.717, 1.165) is 0 Å². The third-order valence-electron chi connectivity index (χ3n) is 2.96. The standard InChI is InChI=1S/C16H23N3O4S/c1-4-17-16(22)11(2)18-14(20)9-24-10-15(21)19-12-5-7-13(23-3)8-6-12/h5-8,11H,4,9-10H2,1-3H3,(H,17,22)(H,18,20)(H,19,21)/t11-/m0/s1. The highest BCUT2D eigenvalue weighted by atomic mass is 32.2. The lowest BCUT2D eigenvalue weighted by Gasteiger charge is -2.13. The van der Waals surface area contributed by atoms with Gasteiger partial charge < -0.3 is 20.7 Å². The van der Waals surface area contributed by atoms with Crippen LogP contribution >= 0.6 is 11.8 Å². The number of hydrogen-bond donors (Lipinski definition) is 3. The van der Waals surface area contributed by atoms with Crippen LogP contribution < -0.4 is 20.7 Å². The number of hydrogen-bond acceptors (Lipinski definition) is 5. The Morgan fingerprint density at radius 3 is 2.33 bits per heavy atom. The molecule has 0 fully saturated rings. The van der Waals surface area contributed by atoms with Gasteiger partial charge in [-0.1, -0.05) is 0 Å². The zero-order valence-electron chi connectivity index (χ0n) is 14.0. The summed E-state index contributed by atoms with van der Waals surface area (Å²) in [6.45, 7) is 3.94. The van der Waals surface area contributed by atoms with Gasteiger partial charge in [-0.2, -0.15) is 0 Å². The molecule has 0 radical (unpaired) electrons. The highest BCUT2D eigenvalue weighted by molar-refractivity contribution is 8.00. The van der Waals surface area contributed by atoms with Crippen LogP contribution in [0.4, 0.5) is 5.69 Å². The summed E-state index contributed by atoms with van der Waals surface area (Å²) < 4.78 is 5.04. The Hall–Kier alpha value is -2.22. The van der Waals surface area contributed by atoms with Crippen molar-refractivity contribution in [2.75, 3.05) is 30.5 Å². The molecule has 0 bridgehead atoms. The Morgan fingerprint density at radius 2 is 1.75 bits per heavy atom. The van der Waals surface area contributed by atoms with Crippen LogP contribution in [0.25, 0.3) is 0 Å². The maximum Gasteiger partial charge on any atom is 0.242 e. The number of thioether (sulfide) groups is 1. The van der Waals surface area contributed by atoms with Crippen molar-refractivity contribution in [3.8, 4) is 5.75 Å². The highest BCUT2D eigenvalue weighted by Gasteiger charge is 2.14. The molecule has 132 valence electrons. The molecule has 1 atom stereocenters. The van der Waals surface area contributed by atoms with Gasteiger partial charge in [-0.3, -0.25) is 14.4 Å². The number of amides is 3. The van der Waals surface area contributed by atoms with Gasteiger partial charge >= 0.3 is 0 Å². The van der Waals surface area contributed by atoms with Crippen LogP contribution in [0.1, 0.15) is 13.8 Å². The minimum atomic E-state index is -0.592. The van der Waals surface area contributed by atoms with E-state index in [4.69, 9.17) is 4.74 Å². The lowest BCUT2D eigenvalue weighted by molar-refractivity contribution is -0.127. The van der Waals surface area contributed by atoms with Crippen molar-refractivity contribution in [3.63, 3.8) is 0 Å². The minimum Gasteiger partial charge on any atom is -0.497 e. The molecular weight excluding hydrogens is 330 g/mol. The monoisotopic (exact) mass is 353 g/mol. The predicted molar refractivity (Wildman–Crippen MR) is 95.2 cm³/mol. The first-order valence-corrected chi connectivity index (χ1v) is 8.70. The van der Waals surface area contributed by atoms with E-state index in [1.54, 1.807) is 38.3 Å². The van der Waals surface area contributed by atoms with Gasteiger partial charge in [0, 0.05) is 12.2 Å². The molecule has 0 aromatic heterocycles. The first kappa shape index (κ1) is 19.8. The lowest BCUT2D eigenvalue weighted by atomic mass is 10.3. The van der Waals surface area contributed by atoms with E-state index >= 15 is 0 Å². The summed E-state index contributed by atoms with van der Waals surface area (Å²) >= 11 is 1.18. The van der Waals surface area contributed by atoms with Crippen molar-refractivity contribution >= 4 is 35.2 Å². The van der Waals surface area contributed by atoms with E-state index in [9.17, 15) is 14.4 Å². The van der Waals surface area contributed by atoms with Gasteiger partial charge in [0.15, 0.2) is 0 Å². The third-order valence-corrected chi connectivity index (χ3v) is 3.89. The van der Waals surface area contributed by atoms with Crippen LogP contribution in [0.15, 0.2) is 24.3 Å². The third kappa shape index (κ3) is 7.36. The Bertz CT molecular complexity index is 563. The van der Waals surface area contributed by atoms with Crippen molar-refractivity contribution in [1.82, 2.24) is 10.6 Å². The number of anilines is 1. The van der Waals surface area contributed by atoms with E-state index in [-0.39, 0.29) is 29.2 Å². The molecule has 24 heavy (non-hydrogen) atoms. The van der Waals surface area contributed by atoms with E-state index in [2.05, 4.69) is 16.0 Å². The Kier molecular flexibility index (Phi) is 8.70. The van der Waals surface area contributed by atoms with Crippen LogP contribution in [-0.2, 0) is 14.4 Å². The molecular formula is C16H23N3O4S. The first-order valence-electron chi connectivity index (χ1n) is 7.55. The van der Waals surface area contributed by atoms with E-state index < -0.39 is 6.04 Å². The SMILES string of the molecule is CCNC(=O)[C@H](C)NC(=O)CSCC(=O)Nc1ccc(OC)cc1. The quantitative estimate of drug-likeness (QED) is 0.616. The number of methoxy groups -OCH3 is 1. The molecule has 0 unspecified atom stereocenters. The zero-order chi connectivity index (χ0) is 17.9. The number of rotatable bonds is 9. The Balaban J connectivity index is 2.26. The van der Waals surface area contributed by atoms with Gasteiger partial charge in [0.2, 0.25) is 17.7 Å². The van der Waals surface area contributed by atoms with Gasteiger partial charge in [-0.15, -0.1) is 11.8 Å². The molecule has 1 rings (SSSR count). The van der Waals surface area contributed by atoms with Crippen LogP contribution in [0.3, 0.4) is 0 Å². The smallest absolute Gasteiger partial charge is 0.242 e. The molecule has 1 aromatic carbocycles. The zero-order valence-corrected chi connectivity index (χ0v) is 14.9. The molecule has 1 aromatic rings. The van der Waals surface area contributed by atoms with Crippen molar-refractivity contribution in [3.05, 3.63) is 24.3 Å². The van der Waals surface area contributed by atoms with Crippen molar-refractivity contribution in [1.29, 1.82) is 0 Å². The molecule has 0 heterocycles. The summed E-state index contributed by atoms with van der Waals surface area (Å²) in [5, 5.41) is 7.94. The second-order valence-electron chi connectivity index (χ2n) is 4.95. The van der Waals surface area contributed by atoms with Crippen LogP contribution in [0.2, 0.25) is 0 Å². The van der Waals surface area contributed by atoms with Gasteiger partial charge in [0.1, 0.15) is 11.8 Å². The molecule has 0 aliphatic heterocycles. The van der Waals surface area contributed by atoms with Crippen molar-refractivity contribution in [2.24, 2.45) is 0 Å². The van der Waals surface area contributed by atoms with Crippen molar-refractivity contribution in [2.45, 2.75) is 19.9 Å². The molecule has 8 heteroatoms. The Labute approximate surface area is 145 Å². The summed E-state index contributed by atoms with van der Waals surface area (Å²) in [7, 11) is 1.57. The van der Waals surface area contributed by atoms with Crippen LogP contribution in [0.5, 0.6) is 5.75 Å². The second kappa shape index (κ2) is 10.5. The highest BCUT2D eigenvalue weighted by Crippen LogP contribution is 2.15. The molecule has 0 aliphatic carbocycles. The summed E-state index contributed by atoms with van der Waals surface area (Å²) in [4.78, 5) is 35.0.